The summed E-state index contributed by atoms with van der Waals surface area (Å²) in [7, 11) is 3.12. The van der Waals surface area contributed by atoms with Crippen molar-refractivity contribution in [3.05, 3.63) is 69.3 Å². The van der Waals surface area contributed by atoms with E-state index in [1.54, 1.807) is 38.5 Å². The molecular weight excluding hydrogens is 347 g/mol. The van der Waals surface area contributed by atoms with Crippen molar-refractivity contribution in [1.82, 2.24) is 9.88 Å². The molecule has 3 aromatic rings. The molecule has 0 unspecified atom stereocenters. The highest BCUT2D eigenvalue weighted by Gasteiger charge is 2.22. The summed E-state index contributed by atoms with van der Waals surface area (Å²) < 4.78 is 24.6. The second-order valence-corrected chi connectivity index (χ2v) is 6.72. The minimum atomic E-state index is -0.215. The van der Waals surface area contributed by atoms with E-state index in [4.69, 9.17) is 9.47 Å². The van der Waals surface area contributed by atoms with Gasteiger partial charge in [0, 0.05) is 54.3 Å². The van der Waals surface area contributed by atoms with Crippen LogP contribution in [0.5, 0.6) is 11.5 Å². The number of ether oxygens (including phenoxy) is 2. The zero-order chi connectivity index (χ0) is 19.0. The van der Waals surface area contributed by atoms with Crippen molar-refractivity contribution in [1.29, 1.82) is 0 Å². The van der Waals surface area contributed by atoms with Gasteiger partial charge >= 0.3 is 0 Å². The third-order valence-electron chi connectivity index (χ3n) is 5.10. The van der Waals surface area contributed by atoms with Crippen LogP contribution < -0.4 is 14.9 Å². The van der Waals surface area contributed by atoms with Gasteiger partial charge in [-0.05, 0) is 12.1 Å². The van der Waals surface area contributed by atoms with Crippen LogP contribution in [0.4, 0.5) is 4.39 Å². The molecule has 0 amide bonds. The second kappa shape index (κ2) is 7.04. The summed E-state index contributed by atoms with van der Waals surface area (Å²) in [4.78, 5) is 18.6. The molecule has 5 nitrogen and oxygen atoms in total. The van der Waals surface area contributed by atoms with Crippen molar-refractivity contribution in [2.45, 2.75) is 19.5 Å². The summed E-state index contributed by atoms with van der Waals surface area (Å²) in [6, 6.07) is 10.3. The lowest BCUT2D eigenvalue weighted by Crippen LogP contribution is -2.34. The van der Waals surface area contributed by atoms with E-state index in [2.05, 4.69) is 9.88 Å². The Morgan fingerprint density at radius 2 is 1.89 bits per heavy atom. The monoisotopic (exact) mass is 368 g/mol. The highest BCUT2D eigenvalue weighted by atomic mass is 19.1. The highest BCUT2D eigenvalue weighted by Crippen LogP contribution is 2.31. The summed E-state index contributed by atoms with van der Waals surface area (Å²) in [5.74, 6) is 0.889. The maximum Gasteiger partial charge on any atom is 0.194 e. The number of hydrogen-bond acceptors (Lipinski definition) is 4. The van der Waals surface area contributed by atoms with E-state index in [-0.39, 0.29) is 11.2 Å². The average Bonchev–Trinajstić information content (AvgIpc) is 2.69. The van der Waals surface area contributed by atoms with Crippen molar-refractivity contribution in [2.24, 2.45) is 0 Å². The van der Waals surface area contributed by atoms with Gasteiger partial charge in [-0.15, -0.1) is 0 Å². The van der Waals surface area contributed by atoms with Crippen LogP contribution in [0.15, 0.2) is 41.2 Å². The molecule has 0 aliphatic carbocycles. The Bertz CT molecular complexity index is 1060. The molecule has 2 heterocycles. The summed E-state index contributed by atoms with van der Waals surface area (Å²) in [6.45, 7) is 1.73. The van der Waals surface area contributed by atoms with Crippen LogP contribution in [-0.4, -0.2) is 30.6 Å². The predicted octanol–water partition coefficient (Wildman–Crippen LogP) is 3.24. The number of nitrogens with one attached hydrogen (secondary N) is 1. The number of benzene rings is 2. The van der Waals surface area contributed by atoms with Crippen LogP contribution in [0.3, 0.4) is 0 Å². The molecule has 0 saturated heterocycles. The van der Waals surface area contributed by atoms with E-state index in [9.17, 15) is 9.18 Å². The molecule has 6 heteroatoms. The molecule has 0 saturated carbocycles. The minimum absolute atomic E-state index is 0.0158. The van der Waals surface area contributed by atoms with Crippen LogP contribution >= 0.6 is 0 Å². The Balaban J connectivity index is 1.71. The first-order valence-electron chi connectivity index (χ1n) is 8.86. The summed E-state index contributed by atoms with van der Waals surface area (Å²) >= 11 is 0. The van der Waals surface area contributed by atoms with Gasteiger partial charge in [0.25, 0.3) is 0 Å². The van der Waals surface area contributed by atoms with E-state index in [0.29, 0.717) is 42.0 Å². The third kappa shape index (κ3) is 3.17. The average molecular weight is 368 g/mol. The lowest BCUT2D eigenvalue weighted by Gasteiger charge is -2.28. The Hall–Kier alpha value is -2.86. The van der Waals surface area contributed by atoms with Crippen LogP contribution in [-0.2, 0) is 19.5 Å². The molecule has 1 aromatic heterocycles. The molecule has 1 aliphatic rings. The van der Waals surface area contributed by atoms with Crippen molar-refractivity contribution < 1.29 is 13.9 Å². The van der Waals surface area contributed by atoms with Crippen molar-refractivity contribution in [3.8, 4) is 11.5 Å². The van der Waals surface area contributed by atoms with Gasteiger partial charge in [-0.3, -0.25) is 9.69 Å². The number of fused-ring (bicyclic) bond motifs is 2. The number of aromatic amines is 1. The molecular formula is C21H21FN2O3. The Kier molecular flexibility index (Phi) is 4.58. The largest absolute Gasteiger partial charge is 0.493 e. The smallest absolute Gasteiger partial charge is 0.194 e. The summed E-state index contributed by atoms with van der Waals surface area (Å²) in [5, 5.41) is 0.569. The second-order valence-electron chi connectivity index (χ2n) is 6.72. The Morgan fingerprint density at radius 1 is 1.15 bits per heavy atom. The van der Waals surface area contributed by atoms with E-state index < -0.39 is 0 Å². The summed E-state index contributed by atoms with van der Waals surface area (Å²) in [6.07, 6.45) is 0.712. The first-order valence-corrected chi connectivity index (χ1v) is 8.86. The van der Waals surface area contributed by atoms with Gasteiger partial charge in [-0.25, -0.2) is 4.39 Å². The molecule has 0 spiro atoms. The molecule has 0 radical (unpaired) electrons. The van der Waals surface area contributed by atoms with Gasteiger partial charge in [0.05, 0.1) is 19.7 Å². The maximum absolute atomic E-state index is 14.0. The number of aromatic nitrogens is 1. The zero-order valence-corrected chi connectivity index (χ0v) is 15.3. The number of pyridine rings is 1. The van der Waals surface area contributed by atoms with Gasteiger partial charge in [0.1, 0.15) is 5.82 Å². The lowest BCUT2D eigenvalue weighted by atomic mass is 10.0. The third-order valence-corrected chi connectivity index (χ3v) is 5.10. The molecule has 0 bridgehead atoms. The Labute approximate surface area is 156 Å². The van der Waals surface area contributed by atoms with Crippen LogP contribution in [0.25, 0.3) is 10.9 Å². The fraction of sp³-hybridized carbons (Fsp3) is 0.286. The van der Waals surface area contributed by atoms with E-state index >= 15 is 0 Å². The minimum Gasteiger partial charge on any atom is -0.493 e. The highest BCUT2D eigenvalue weighted by molar-refractivity contribution is 5.83. The molecule has 2 aromatic carbocycles. The number of rotatable bonds is 4. The van der Waals surface area contributed by atoms with Gasteiger partial charge in [0.15, 0.2) is 16.9 Å². The SMILES string of the molecule is COc1cc2[nH]c3c(c(=O)c2cc1OC)CN(Cc1ccccc1F)CC3. The molecule has 1 aliphatic heterocycles. The molecule has 0 atom stereocenters. The van der Waals surface area contributed by atoms with Crippen LogP contribution in [0, 0.1) is 5.82 Å². The molecule has 0 fully saturated rings. The van der Waals surface area contributed by atoms with Gasteiger partial charge in [-0.1, -0.05) is 18.2 Å². The molecule has 27 heavy (non-hydrogen) atoms. The quantitative estimate of drug-likeness (QED) is 0.768. The standard InChI is InChI=1S/C21H21FN2O3/c1-26-19-9-14-18(10-20(19)27-2)23-17-7-8-24(12-15(17)21(14)25)11-13-5-3-4-6-16(13)22/h3-6,9-10H,7-8,11-12H2,1-2H3,(H,23,25). The van der Waals surface area contributed by atoms with Crippen molar-refractivity contribution >= 4 is 10.9 Å². The fourth-order valence-electron chi connectivity index (χ4n) is 3.66. The molecule has 140 valence electrons. The Morgan fingerprint density at radius 3 is 2.63 bits per heavy atom. The number of methoxy groups -OCH3 is 2. The van der Waals surface area contributed by atoms with Gasteiger partial charge < -0.3 is 14.5 Å². The maximum atomic E-state index is 14.0. The van der Waals surface area contributed by atoms with E-state index in [0.717, 1.165) is 23.3 Å². The first-order chi connectivity index (χ1) is 13.1. The van der Waals surface area contributed by atoms with Crippen LogP contribution in [0.2, 0.25) is 0 Å². The number of hydrogen-bond donors (Lipinski definition) is 1. The van der Waals surface area contributed by atoms with Crippen molar-refractivity contribution in [3.63, 3.8) is 0 Å². The number of nitrogens with zero attached hydrogens (tertiary/aromatic N) is 1. The van der Waals surface area contributed by atoms with Gasteiger partial charge in [0.2, 0.25) is 0 Å². The van der Waals surface area contributed by atoms with E-state index in [1.807, 2.05) is 6.07 Å². The predicted molar refractivity (Wildman–Crippen MR) is 102 cm³/mol. The molecule has 1 N–H and O–H groups in total. The van der Waals surface area contributed by atoms with Crippen LogP contribution in [0.1, 0.15) is 16.8 Å². The fourth-order valence-corrected chi connectivity index (χ4v) is 3.66. The lowest BCUT2D eigenvalue weighted by molar-refractivity contribution is 0.239. The van der Waals surface area contributed by atoms with E-state index in [1.165, 1.54) is 6.07 Å². The zero-order valence-electron chi connectivity index (χ0n) is 15.3. The normalized spacial score (nSPS) is 14.2. The first kappa shape index (κ1) is 17.5. The number of H-pyrrole nitrogens is 1. The number of halogens is 1. The van der Waals surface area contributed by atoms with Crippen molar-refractivity contribution in [2.75, 3.05) is 20.8 Å². The molecule has 4 rings (SSSR count). The summed E-state index contributed by atoms with van der Waals surface area (Å²) in [5.41, 5.74) is 3.03. The topological polar surface area (TPSA) is 54.6 Å². The van der Waals surface area contributed by atoms with Gasteiger partial charge in [-0.2, -0.15) is 0 Å².